The molecule has 0 saturated carbocycles. The zero-order valence-electron chi connectivity index (χ0n) is 11.9. The van der Waals surface area contributed by atoms with Crippen molar-refractivity contribution in [3.8, 4) is 0 Å². The van der Waals surface area contributed by atoms with Crippen molar-refractivity contribution in [3.63, 3.8) is 0 Å². The van der Waals surface area contributed by atoms with Crippen LogP contribution in [0.3, 0.4) is 0 Å². The van der Waals surface area contributed by atoms with Gasteiger partial charge in [-0.25, -0.2) is 8.78 Å². The first-order valence-electron chi connectivity index (χ1n) is 6.41. The maximum atomic E-state index is 12.5. The average Bonchev–Trinajstić information content (AvgIpc) is 2.50. The Balaban J connectivity index is 2.27. The Morgan fingerprint density at radius 3 is 2.25 bits per heavy atom. The first kappa shape index (κ1) is 15.7. The third-order valence-corrected chi connectivity index (χ3v) is 4.13. The van der Waals surface area contributed by atoms with Gasteiger partial charge < -0.3 is 9.31 Å². The molecular weight excluding hydrogens is 286 g/mol. The van der Waals surface area contributed by atoms with Crippen molar-refractivity contribution in [1.82, 2.24) is 4.98 Å². The number of hydrogen-bond donors (Lipinski definition) is 0. The Kier molecular flexibility index (Phi) is 4.11. The molecule has 1 saturated heterocycles. The zero-order valence-corrected chi connectivity index (χ0v) is 12.7. The lowest BCUT2D eigenvalue weighted by Crippen LogP contribution is -2.41. The predicted molar refractivity (Wildman–Crippen MR) is 74.7 cm³/mol. The van der Waals surface area contributed by atoms with Gasteiger partial charge in [-0.05, 0) is 39.8 Å². The summed E-state index contributed by atoms with van der Waals surface area (Å²) in [5, 5.41) is 0.227. The Labute approximate surface area is 122 Å². The van der Waals surface area contributed by atoms with Crippen LogP contribution in [-0.4, -0.2) is 29.7 Å². The van der Waals surface area contributed by atoms with Crippen LogP contribution in [0.5, 0.6) is 0 Å². The van der Waals surface area contributed by atoms with Gasteiger partial charge in [0.05, 0.1) is 33.9 Å². The van der Waals surface area contributed by atoms with E-state index in [1.54, 1.807) is 12.1 Å². The van der Waals surface area contributed by atoms with E-state index in [0.717, 1.165) is 0 Å². The van der Waals surface area contributed by atoms with Crippen LogP contribution < -0.4 is 5.59 Å². The molecule has 110 valence electrons. The van der Waals surface area contributed by atoms with E-state index >= 15 is 0 Å². The molecule has 0 aromatic carbocycles. The molecular formula is C13H17BClF2NO2. The number of pyridine rings is 1. The van der Waals surface area contributed by atoms with Crippen LogP contribution in [0.4, 0.5) is 8.78 Å². The highest BCUT2D eigenvalue weighted by Gasteiger charge is 2.52. The van der Waals surface area contributed by atoms with E-state index < -0.39 is 31.2 Å². The van der Waals surface area contributed by atoms with E-state index in [0.29, 0.717) is 5.59 Å². The van der Waals surface area contributed by atoms with Gasteiger partial charge in [0.2, 0.25) is 6.43 Å². The van der Waals surface area contributed by atoms with E-state index in [2.05, 4.69) is 4.98 Å². The fourth-order valence-corrected chi connectivity index (χ4v) is 2.07. The van der Waals surface area contributed by atoms with Crippen LogP contribution in [0.25, 0.3) is 0 Å². The van der Waals surface area contributed by atoms with Crippen molar-refractivity contribution in [2.45, 2.75) is 51.7 Å². The maximum Gasteiger partial charge on any atom is 0.514 e. The van der Waals surface area contributed by atoms with Gasteiger partial charge in [-0.1, -0.05) is 11.6 Å². The molecule has 3 nitrogen and oxygen atoms in total. The molecule has 1 aliphatic heterocycles. The van der Waals surface area contributed by atoms with Crippen LogP contribution in [0.1, 0.15) is 33.4 Å². The highest BCUT2D eigenvalue weighted by atomic mass is 35.5. The number of hydrogen-bond acceptors (Lipinski definition) is 3. The molecule has 0 spiro atoms. The molecule has 7 heteroatoms. The Morgan fingerprint density at radius 1 is 1.20 bits per heavy atom. The minimum atomic E-state index is -2.49. The molecule has 0 amide bonds. The van der Waals surface area contributed by atoms with Gasteiger partial charge >= 0.3 is 7.12 Å². The number of nitrogens with zero attached hydrogens (tertiary/aromatic N) is 1. The molecule has 0 N–H and O–H groups in total. The van der Waals surface area contributed by atoms with Gasteiger partial charge in [0.15, 0.2) is 0 Å². The lowest BCUT2D eigenvalue weighted by atomic mass is 9.84. The highest BCUT2D eigenvalue weighted by molar-refractivity contribution is 6.61. The first-order valence-corrected chi connectivity index (χ1v) is 6.79. The van der Waals surface area contributed by atoms with Gasteiger partial charge in [0.25, 0.3) is 0 Å². The molecule has 1 fully saturated rings. The number of halogens is 3. The summed E-state index contributed by atoms with van der Waals surface area (Å²) >= 11 is 5.88. The largest absolute Gasteiger partial charge is 0.514 e. The molecule has 0 aliphatic carbocycles. The fraction of sp³-hybridized carbons (Fsp3) is 0.615. The summed E-state index contributed by atoms with van der Waals surface area (Å²) in [4.78, 5) is 4.16. The molecule has 2 rings (SSSR count). The minimum Gasteiger partial charge on any atom is -0.398 e. The molecule has 0 radical (unpaired) electrons. The van der Waals surface area contributed by atoms with E-state index in [1.165, 1.54) is 0 Å². The molecule has 0 unspecified atom stereocenters. The zero-order chi connectivity index (χ0) is 15.1. The minimum absolute atomic E-state index is 0.161. The normalized spacial score (nSPS) is 20.7. The summed E-state index contributed by atoms with van der Waals surface area (Å²) in [5.74, 6) is 0. The van der Waals surface area contributed by atoms with Crippen LogP contribution in [0, 0.1) is 0 Å². The van der Waals surface area contributed by atoms with Crippen molar-refractivity contribution in [2.24, 2.45) is 0 Å². The summed E-state index contributed by atoms with van der Waals surface area (Å²) in [6, 6.07) is 3.19. The molecule has 1 aliphatic rings. The molecule has 20 heavy (non-hydrogen) atoms. The lowest BCUT2D eigenvalue weighted by Gasteiger charge is -2.32. The standard InChI is InChI=1S/C13H17BClF2NO2/c1-12(2)13(3,4)20-14(19-12)10-6-5-8(15)9(18-10)7-11(16)17/h5-6,11H,7H2,1-4H3. The van der Waals surface area contributed by atoms with Gasteiger partial charge in [-0.15, -0.1) is 0 Å². The molecule has 1 aromatic heterocycles. The maximum absolute atomic E-state index is 12.5. The monoisotopic (exact) mass is 303 g/mol. The van der Waals surface area contributed by atoms with Gasteiger partial charge in [-0.3, -0.25) is 4.98 Å². The lowest BCUT2D eigenvalue weighted by molar-refractivity contribution is 0.00578. The molecule has 2 heterocycles. The Hall–Kier alpha value is -0.715. The summed E-state index contributed by atoms with van der Waals surface area (Å²) < 4.78 is 36.7. The van der Waals surface area contributed by atoms with Crippen molar-refractivity contribution in [1.29, 1.82) is 0 Å². The molecule has 0 bridgehead atoms. The second kappa shape index (κ2) is 5.24. The SMILES string of the molecule is CC1(C)OB(c2ccc(Cl)c(CC(F)F)n2)OC1(C)C. The smallest absolute Gasteiger partial charge is 0.398 e. The topological polar surface area (TPSA) is 31.4 Å². The second-order valence-electron chi connectivity index (χ2n) is 5.85. The first-order chi connectivity index (χ1) is 9.12. The van der Waals surface area contributed by atoms with Crippen molar-refractivity contribution < 1.29 is 18.1 Å². The summed E-state index contributed by atoms with van der Waals surface area (Å²) in [6.07, 6.45) is -2.97. The second-order valence-corrected chi connectivity index (χ2v) is 6.26. The van der Waals surface area contributed by atoms with Crippen molar-refractivity contribution in [3.05, 3.63) is 22.8 Å². The van der Waals surface area contributed by atoms with E-state index in [-0.39, 0.29) is 10.7 Å². The molecule has 0 atom stereocenters. The van der Waals surface area contributed by atoms with Crippen LogP contribution in [0.2, 0.25) is 5.02 Å². The van der Waals surface area contributed by atoms with Crippen LogP contribution in [0.15, 0.2) is 12.1 Å². The molecule has 1 aromatic rings. The van der Waals surface area contributed by atoms with E-state index in [4.69, 9.17) is 20.9 Å². The van der Waals surface area contributed by atoms with Crippen LogP contribution >= 0.6 is 11.6 Å². The van der Waals surface area contributed by atoms with Gasteiger partial charge in [-0.2, -0.15) is 0 Å². The van der Waals surface area contributed by atoms with Crippen molar-refractivity contribution in [2.75, 3.05) is 0 Å². The summed E-state index contributed by atoms with van der Waals surface area (Å²) in [6.45, 7) is 7.68. The quantitative estimate of drug-likeness (QED) is 0.805. The van der Waals surface area contributed by atoms with E-state index in [1.807, 2.05) is 27.7 Å². The predicted octanol–water partition coefficient (Wildman–Crippen LogP) is 2.84. The average molecular weight is 304 g/mol. The highest BCUT2D eigenvalue weighted by Crippen LogP contribution is 2.36. The Morgan fingerprint density at radius 2 is 1.75 bits per heavy atom. The Bertz CT molecular complexity index is 495. The van der Waals surface area contributed by atoms with E-state index in [9.17, 15) is 8.78 Å². The number of aromatic nitrogens is 1. The summed E-state index contributed by atoms with van der Waals surface area (Å²) in [5.41, 5.74) is -0.374. The van der Waals surface area contributed by atoms with Gasteiger partial charge in [0.1, 0.15) is 0 Å². The number of alkyl halides is 2. The van der Waals surface area contributed by atoms with Crippen molar-refractivity contribution >= 4 is 24.3 Å². The third-order valence-electron chi connectivity index (χ3n) is 3.78. The fourth-order valence-electron chi connectivity index (χ4n) is 1.89. The van der Waals surface area contributed by atoms with Crippen LogP contribution in [-0.2, 0) is 15.7 Å². The van der Waals surface area contributed by atoms with Gasteiger partial charge in [0, 0.05) is 0 Å². The number of rotatable bonds is 3. The third kappa shape index (κ3) is 2.97. The summed E-state index contributed by atoms with van der Waals surface area (Å²) in [7, 11) is -0.673.